The minimum atomic E-state index is -0.630. The second-order valence-electron chi connectivity index (χ2n) is 3.28. The second kappa shape index (κ2) is 3.94. The van der Waals surface area contributed by atoms with Crippen LogP contribution in [0.25, 0.3) is 0 Å². The van der Waals surface area contributed by atoms with Crippen LogP contribution in [-0.4, -0.2) is 25.5 Å². The quantitative estimate of drug-likeness (QED) is 0.787. The summed E-state index contributed by atoms with van der Waals surface area (Å²) in [7, 11) is 1.78. The molecule has 82 valence electrons. The number of likely N-dealkylation sites (N-methyl/N-ethyl adjacent to an activating group) is 1. The Morgan fingerprint density at radius 3 is 3.07 bits per heavy atom. The van der Waals surface area contributed by atoms with Crippen LogP contribution in [0.1, 0.15) is 5.56 Å². The summed E-state index contributed by atoms with van der Waals surface area (Å²) < 4.78 is 23.8. The van der Waals surface area contributed by atoms with Crippen LogP contribution < -0.4 is 14.8 Å². The Morgan fingerprint density at radius 2 is 2.33 bits per heavy atom. The van der Waals surface area contributed by atoms with Crippen molar-refractivity contribution in [1.82, 2.24) is 5.32 Å². The SMILES string of the molecule is CNCCc1c(F)c(O)cc2c1OCO2. The summed E-state index contributed by atoms with van der Waals surface area (Å²) in [5.41, 5.74) is 0.358. The number of halogens is 1. The van der Waals surface area contributed by atoms with E-state index in [0.717, 1.165) is 0 Å². The zero-order chi connectivity index (χ0) is 10.8. The Balaban J connectivity index is 2.41. The molecule has 2 N–H and O–H groups in total. The van der Waals surface area contributed by atoms with E-state index in [9.17, 15) is 9.50 Å². The van der Waals surface area contributed by atoms with Crippen molar-refractivity contribution in [2.75, 3.05) is 20.4 Å². The third kappa shape index (κ3) is 1.70. The molecule has 0 saturated carbocycles. The van der Waals surface area contributed by atoms with E-state index in [1.807, 2.05) is 0 Å². The van der Waals surface area contributed by atoms with Crippen LogP contribution in [0.15, 0.2) is 6.07 Å². The van der Waals surface area contributed by atoms with Gasteiger partial charge in [-0.2, -0.15) is 0 Å². The number of phenols is 1. The summed E-state index contributed by atoms with van der Waals surface area (Å²) in [5.74, 6) is -0.222. The van der Waals surface area contributed by atoms with Gasteiger partial charge in [-0.05, 0) is 20.0 Å². The van der Waals surface area contributed by atoms with E-state index in [0.29, 0.717) is 30.0 Å². The molecule has 5 heteroatoms. The Bertz CT molecular complexity index is 381. The van der Waals surface area contributed by atoms with E-state index < -0.39 is 11.6 Å². The van der Waals surface area contributed by atoms with Gasteiger partial charge >= 0.3 is 0 Å². The van der Waals surface area contributed by atoms with Gasteiger partial charge in [-0.25, -0.2) is 4.39 Å². The lowest BCUT2D eigenvalue weighted by atomic mass is 10.1. The molecule has 1 aromatic rings. The standard InChI is InChI=1S/C10H12FNO3/c1-12-3-2-6-9(11)7(13)4-8-10(6)15-5-14-8/h4,12-13H,2-3,5H2,1H3. The number of rotatable bonds is 3. The zero-order valence-electron chi connectivity index (χ0n) is 8.34. The average molecular weight is 213 g/mol. The number of hydrogen-bond acceptors (Lipinski definition) is 4. The molecule has 1 heterocycles. The number of aromatic hydroxyl groups is 1. The Morgan fingerprint density at radius 1 is 1.53 bits per heavy atom. The van der Waals surface area contributed by atoms with E-state index in [1.54, 1.807) is 7.05 Å². The normalized spacial score (nSPS) is 13.2. The molecule has 0 aromatic heterocycles. The van der Waals surface area contributed by atoms with Gasteiger partial charge in [0.25, 0.3) is 0 Å². The lowest BCUT2D eigenvalue weighted by molar-refractivity contribution is 0.173. The van der Waals surface area contributed by atoms with E-state index in [-0.39, 0.29) is 6.79 Å². The molecule has 1 aliphatic heterocycles. The van der Waals surface area contributed by atoms with Crippen molar-refractivity contribution in [3.05, 3.63) is 17.4 Å². The monoisotopic (exact) mass is 213 g/mol. The van der Waals surface area contributed by atoms with Crippen LogP contribution in [0.3, 0.4) is 0 Å². The van der Waals surface area contributed by atoms with E-state index in [1.165, 1.54) is 6.07 Å². The van der Waals surface area contributed by atoms with E-state index in [4.69, 9.17) is 9.47 Å². The molecule has 0 bridgehead atoms. The fraction of sp³-hybridized carbons (Fsp3) is 0.400. The highest BCUT2D eigenvalue weighted by Crippen LogP contribution is 2.41. The predicted molar refractivity (Wildman–Crippen MR) is 51.8 cm³/mol. The van der Waals surface area contributed by atoms with E-state index >= 15 is 0 Å². The van der Waals surface area contributed by atoms with Gasteiger partial charge < -0.3 is 19.9 Å². The lowest BCUT2D eigenvalue weighted by Gasteiger charge is -2.08. The molecule has 0 fully saturated rings. The van der Waals surface area contributed by atoms with Crippen LogP contribution in [0.2, 0.25) is 0 Å². The van der Waals surface area contributed by atoms with Gasteiger partial charge in [-0.15, -0.1) is 0 Å². The van der Waals surface area contributed by atoms with Crippen molar-refractivity contribution < 1.29 is 19.0 Å². The fourth-order valence-electron chi connectivity index (χ4n) is 1.55. The molecule has 0 unspecified atom stereocenters. The number of phenolic OH excluding ortho intramolecular Hbond substituents is 1. The molecule has 15 heavy (non-hydrogen) atoms. The third-order valence-corrected chi connectivity index (χ3v) is 2.30. The maximum absolute atomic E-state index is 13.6. The highest BCUT2D eigenvalue weighted by molar-refractivity contribution is 5.53. The first-order chi connectivity index (χ1) is 7.24. The van der Waals surface area contributed by atoms with Crippen molar-refractivity contribution in [2.24, 2.45) is 0 Å². The molecule has 0 saturated heterocycles. The summed E-state index contributed by atoms with van der Waals surface area (Å²) in [6.45, 7) is 0.682. The van der Waals surface area contributed by atoms with Gasteiger partial charge in [0.2, 0.25) is 6.79 Å². The van der Waals surface area contributed by atoms with Gasteiger partial charge in [0.1, 0.15) is 0 Å². The van der Waals surface area contributed by atoms with Gasteiger partial charge in [0, 0.05) is 11.6 Å². The maximum Gasteiger partial charge on any atom is 0.231 e. The van der Waals surface area contributed by atoms with Gasteiger partial charge in [-0.1, -0.05) is 0 Å². The molecule has 0 atom stereocenters. The highest BCUT2D eigenvalue weighted by atomic mass is 19.1. The molecule has 0 spiro atoms. The van der Waals surface area contributed by atoms with Crippen molar-refractivity contribution >= 4 is 0 Å². The van der Waals surface area contributed by atoms with Crippen molar-refractivity contribution in [2.45, 2.75) is 6.42 Å². The first-order valence-electron chi connectivity index (χ1n) is 4.68. The fourth-order valence-corrected chi connectivity index (χ4v) is 1.55. The smallest absolute Gasteiger partial charge is 0.231 e. The van der Waals surface area contributed by atoms with Crippen LogP contribution in [0.4, 0.5) is 4.39 Å². The first kappa shape index (κ1) is 10.0. The topological polar surface area (TPSA) is 50.7 Å². The number of benzene rings is 1. The molecule has 2 rings (SSSR count). The Hall–Kier alpha value is -1.49. The number of hydrogen-bond donors (Lipinski definition) is 2. The molecule has 1 aromatic carbocycles. The van der Waals surface area contributed by atoms with Crippen molar-refractivity contribution in [3.8, 4) is 17.2 Å². The summed E-state index contributed by atoms with van der Waals surface area (Å²) in [6, 6.07) is 1.24. The molecule has 0 aliphatic carbocycles. The van der Waals surface area contributed by atoms with Gasteiger partial charge in [0.15, 0.2) is 23.1 Å². The molecular formula is C10H12FNO3. The minimum Gasteiger partial charge on any atom is -0.505 e. The van der Waals surface area contributed by atoms with Crippen LogP contribution in [0.5, 0.6) is 17.2 Å². The predicted octanol–water partition coefficient (Wildman–Crippen LogP) is 1.02. The summed E-state index contributed by atoms with van der Waals surface area (Å²) in [5, 5.41) is 12.2. The largest absolute Gasteiger partial charge is 0.505 e. The Labute approximate surface area is 86.6 Å². The molecule has 0 amide bonds. The summed E-state index contributed by atoms with van der Waals surface area (Å²) in [6.07, 6.45) is 0.447. The molecule has 4 nitrogen and oxygen atoms in total. The maximum atomic E-state index is 13.6. The zero-order valence-corrected chi connectivity index (χ0v) is 8.34. The van der Waals surface area contributed by atoms with Crippen molar-refractivity contribution in [3.63, 3.8) is 0 Å². The number of nitrogens with one attached hydrogen (secondary N) is 1. The summed E-state index contributed by atoms with van der Waals surface area (Å²) >= 11 is 0. The first-order valence-corrected chi connectivity index (χ1v) is 4.68. The Kier molecular flexibility index (Phi) is 2.64. The van der Waals surface area contributed by atoms with E-state index in [2.05, 4.69) is 5.32 Å². The second-order valence-corrected chi connectivity index (χ2v) is 3.28. The average Bonchev–Trinajstić information content (AvgIpc) is 2.66. The molecule has 0 radical (unpaired) electrons. The molecule has 1 aliphatic rings. The lowest BCUT2D eigenvalue weighted by Crippen LogP contribution is -2.11. The van der Waals surface area contributed by atoms with Crippen LogP contribution in [-0.2, 0) is 6.42 Å². The third-order valence-electron chi connectivity index (χ3n) is 2.30. The molecular weight excluding hydrogens is 201 g/mol. The van der Waals surface area contributed by atoms with Crippen molar-refractivity contribution in [1.29, 1.82) is 0 Å². The number of ether oxygens (including phenoxy) is 2. The minimum absolute atomic E-state index is 0.0742. The van der Waals surface area contributed by atoms with Gasteiger partial charge in [0.05, 0.1) is 0 Å². The number of fused-ring (bicyclic) bond motifs is 1. The summed E-state index contributed by atoms with van der Waals surface area (Å²) in [4.78, 5) is 0. The van der Waals surface area contributed by atoms with Crippen LogP contribution >= 0.6 is 0 Å². The highest BCUT2D eigenvalue weighted by Gasteiger charge is 2.23. The van der Waals surface area contributed by atoms with Crippen LogP contribution in [0, 0.1) is 5.82 Å². The van der Waals surface area contributed by atoms with Gasteiger partial charge in [-0.3, -0.25) is 0 Å².